The van der Waals surface area contributed by atoms with Crippen molar-refractivity contribution in [1.82, 2.24) is 4.98 Å². The summed E-state index contributed by atoms with van der Waals surface area (Å²) in [6.07, 6.45) is 3.07. The largest absolute Gasteiger partial charge is 0.322 e. The van der Waals surface area contributed by atoms with Crippen molar-refractivity contribution in [3.8, 4) is 0 Å². The fourth-order valence-electron chi connectivity index (χ4n) is 2.51. The number of carbonyl (C=O) groups excluding carboxylic acids is 2. The SMILES string of the molecule is CC(=O)N(c1ccccc1)c1nc(C=CC(=O)Nc2ccccc2C)cs1. The van der Waals surface area contributed by atoms with Gasteiger partial charge >= 0.3 is 0 Å². The summed E-state index contributed by atoms with van der Waals surface area (Å²) >= 11 is 1.35. The predicted molar refractivity (Wildman–Crippen MR) is 110 cm³/mol. The van der Waals surface area contributed by atoms with Gasteiger partial charge in [-0.25, -0.2) is 4.98 Å². The molecule has 0 aliphatic rings. The number of anilines is 3. The van der Waals surface area contributed by atoms with E-state index >= 15 is 0 Å². The maximum Gasteiger partial charge on any atom is 0.248 e. The van der Waals surface area contributed by atoms with Crippen LogP contribution in [0.25, 0.3) is 6.08 Å². The molecule has 0 fully saturated rings. The Hall–Kier alpha value is -3.25. The summed E-state index contributed by atoms with van der Waals surface area (Å²) in [7, 11) is 0. The maximum atomic E-state index is 12.1. The number of nitrogens with zero attached hydrogens (tertiary/aromatic N) is 2. The number of hydrogen-bond donors (Lipinski definition) is 1. The van der Waals surface area contributed by atoms with Gasteiger partial charge in [-0.1, -0.05) is 36.4 Å². The van der Waals surface area contributed by atoms with Crippen LogP contribution >= 0.6 is 11.3 Å². The number of rotatable bonds is 5. The van der Waals surface area contributed by atoms with Crippen molar-refractivity contribution < 1.29 is 9.59 Å². The second-order valence-corrected chi connectivity index (χ2v) is 6.72. The molecule has 0 saturated heterocycles. The van der Waals surface area contributed by atoms with Crippen LogP contribution in [-0.2, 0) is 9.59 Å². The number of aryl methyl sites for hydroxylation is 1. The fourth-order valence-corrected chi connectivity index (χ4v) is 3.36. The van der Waals surface area contributed by atoms with E-state index in [1.807, 2.05) is 66.9 Å². The van der Waals surface area contributed by atoms with Crippen LogP contribution in [-0.4, -0.2) is 16.8 Å². The minimum Gasteiger partial charge on any atom is -0.322 e. The molecule has 1 N–H and O–H groups in total. The molecular formula is C21H19N3O2S. The Labute approximate surface area is 162 Å². The van der Waals surface area contributed by atoms with Gasteiger partial charge in [-0.2, -0.15) is 0 Å². The summed E-state index contributed by atoms with van der Waals surface area (Å²) < 4.78 is 0. The summed E-state index contributed by atoms with van der Waals surface area (Å²) in [6.45, 7) is 3.44. The van der Waals surface area contributed by atoms with Crippen molar-refractivity contribution in [2.75, 3.05) is 10.2 Å². The van der Waals surface area contributed by atoms with Gasteiger partial charge in [0.25, 0.3) is 0 Å². The van der Waals surface area contributed by atoms with Crippen LogP contribution in [0.5, 0.6) is 0 Å². The highest BCUT2D eigenvalue weighted by molar-refractivity contribution is 7.14. The van der Waals surface area contributed by atoms with Crippen LogP contribution in [0.15, 0.2) is 66.1 Å². The van der Waals surface area contributed by atoms with Crippen molar-refractivity contribution in [3.05, 3.63) is 77.3 Å². The fraction of sp³-hybridized carbons (Fsp3) is 0.0952. The van der Waals surface area contributed by atoms with Crippen molar-refractivity contribution in [2.45, 2.75) is 13.8 Å². The molecule has 0 atom stereocenters. The van der Waals surface area contributed by atoms with Crippen LogP contribution in [0.3, 0.4) is 0 Å². The number of hydrogen-bond acceptors (Lipinski definition) is 4. The average molecular weight is 377 g/mol. The van der Waals surface area contributed by atoms with Gasteiger partial charge in [0.2, 0.25) is 11.8 Å². The molecule has 5 nitrogen and oxygen atoms in total. The topological polar surface area (TPSA) is 62.3 Å². The zero-order chi connectivity index (χ0) is 19.2. The molecule has 1 aromatic heterocycles. The minimum atomic E-state index is -0.231. The summed E-state index contributed by atoms with van der Waals surface area (Å²) in [5.41, 5.74) is 3.15. The van der Waals surface area contributed by atoms with E-state index in [9.17, 15) is 9.59 Å². The number of thiazole rings is 1. The molecule has 0 unspecified atom stereocenters. The number of aromatic nitrogens is 1. The number of amides is 2. The first kappa shape index (κ1) is 18.5. The maximum absolute atomic E-state index is 12.1. The van der Waals surface area contributed by atoms with Gasteiger partial charge in [0.1, 0.15) is 0 Å². The summed E-state index contributed by atoms with van der Waals surface area (Å²) in [4.78, 5) is 30.2. The Morgan fingerprint density at radius 1 is 1.07 bits per heavy atom. The molecule has 1 heterocycles. The van der Waals surface area contributed by atoms with Gasteiger partial charge in [0, 0.05) is 24.1 Å². The lowest BCUT2D eigenvalue weighted by Crippen LogP contribution is -2.22. The number of nitrogens with one attached hydrogen (secondary N) is 1. The van der Waals surface area contributed by atoms with Crippen LogP contribution in [0.1, 0.15) is 18.2 Å². The lowest BCUT2D eigenvalue weighted by atomic mass is 10.2. The Bertz CT molecular complexity index is 980. The molecule has 0 spiro atoms. The highest BCUT2D eigenvalue weighted by Crippen LogP contribution is 2.29. The molecule has 0 bridgehead atoms. The summed E-state index contributed by atoms with van der Waals surface area (Å²) in [5.74, 6) is -0.353. The Morgan fingerprint density at radius 2 is 1.78 bits per heavy atom. The molecular weight excluding hydrogens is 358 g/mol. The molecule has 0 aliphatic heterocycles. The summed E-state index contributed by atoms with van der Waals surface area (Å²) in [6, 6.07) is 16.9. The quantitative estimate of drug-likeness (QED) is 0.651. The van der Waals surface area contributed by atoms with Crippen LogP contribution in [0.2, 0.25) is 0 Å². The van der Waals surface area contributed by atoms with E-state index in [2.05, 4.69) is 10.3 Å². The van der Waals surface area contributed by atoms with Crippen LogP contribution < -0.4 is 10.2 Å². The third kappa shape index (κ3) is 4.68. The predicted octanol–water partition coefficient (Wildman–Crippen LogP) is 4.79. The molecule has 0 saturated carbocycles. The monoisotopic (exact) mass is 377 g/mol. The third-order valence-electron chi connectivity index (χ3n) is 3.84. The molecule has 27 heavy (non-hydrogen) atoms. The highest BCUT2D eigenvalue weighted by Gasteiger charge is 2.17. The lowest BCUT2D eigenvalue weighted by Gasteiger charge is -2.17. The van der Waals surface area contributed by atoms with Crippen molar-refractivity contribution in [3.63, 3.8) is 0 Å². The zero-order valence-corrected chi connectivity index (χ0v) is 15.9. The first-order chi connectivity index (χ1) is 13.0. The lowest BCUT2D eigenvalue weighted by molar-refractivity contribution is -0.116. The van der Waals surface area contributed by atoms with Gasteiger partial charge in [-0.3, -0.25) is 14.5 Å². The molecule has 2 amide bonds. The summed E-state index contributed by atoms with van der Waals surface area (Å²) in [5, 5.41) is 5.21. The van der Waals surface area contributed by atoms with Crippen molar-refractivity contribution in [1.29, 1.82) is 0 Å². The van der Waals surface area contributed by atoms with Gasteiger partial charge in [0.05, 0.1) is 11.4 Å². The first-order valence-electron chi connectivity index (χ1n) is 8.40. The van der Waals surface area contributed by atoms with Crippen LogP contribution in [0, 0.1) is 6.92 Å². The third-order valence-corrected chi connectivity index (χ3v) is 4.68. The standard InChI is InChI=1S/C21H19N3O2S/c1-15-8-6-7-11-19(15)23-20(26)13-12-17-14-27-21(22-17)24(16(2)25)18-9-4-3-5-10-18/h3-14H,1-2H3,(H,23,26). The van der Waals surface area contributed by atoms with E-state index in [0.29, 0.717) is 10.8 Å². The van der Waals surface area contributed by atoms with Gasteiger partial charge in [0.15, 0.2) is 5.13 Å². The van der Waals surface area contributed by atoms with Gasteiger partial charge in [-0.05, 0) is 36.8 Å². The van der Waals surface area contributed by atoms with E-state index < -0.39 is 0 Å². The normalized spacial score (nSPS) is 10.7. The van der Waals surface area contributed by atoms with Gasteiger partial charge in [-0.15, -0.1) is 11.3 Å². The molecule has 0 radical (unpaired) electrons. The van der Waals surface area contributed by atoms with Crippen molar-refractivity contribution in [2.24, 2.45) is 0 Å². The van der Waals surface area contributed by atoms with E-state index in [-0.39, 0.29) is 11.8 Å². The number of benzene rings is 2. The zero-order valence-electron chi connectivity index (χ0n) is 15.0. The first-order valence-corrected chi connectivity index (χ1v) is 9.28. The van der Waals surface area contributed by atoms with E-state index in [0.717, 1.165) is 16.9 Å². The molecule has 136 valence electrons. The Morgan fingerprint density at radius 3 is 2.48 bits per heavy atom. The average Bonchev–Trinajstić information content (AvgIpc) is 3.11. The minimum absolute atomic E-state index is 0.122. The number of carbonyl (C=O) groups is 2. The van der Waals surface area contributed by atoms with E-state index in [1.165, 1.54) is 24.3 Å². The Balaban J connectivity index is 1.73. The molecule has 3 aromatic rings. The molecule has 6 heteroatoms. The smallest absolute Gasteiger partial charge is 0.248 e. The van der Waals surface area contributed by atoms with Gasteiger partial charge < -0.3 is 5.32 Å². The molecule has 2 aromatic carbocycles. The molecule has 3 rings (SSSR count). The van der Waals surface area contributed by atoms with Crippen LogP contribution in [0.4, 0.5) is 16.5 Å². The second kappa shape index (κ2) is 8.42. The van der Waals surface area contributed by atoms with Crippen molar-refractivity contribution >= 4 is 45.7 Å². The number of para-hydroxylation sites is 2. The second-order valence-electron chi connectivity index (χ2n) is 5.88. The van der Waals surface area contributed by atoms with E-state index in [1.54, 1.807) is 11.0 Å². The molecule has 0 aliphatic carbocycles. The Kier molecular flexibility index (Phi) is 5.78. The van der Waals surface area contributed by atoms with E-state index in [4.69, 9.17) is 0 Å². The highest BCUT2D eigenvalue weighted by atomic mass is 32.1.